The Morgan fingerprint density at radius 2 is 0.495 bits per heavy atom. The van der Waals surface area contributed by atoms with Crippen LogP contribution < -0.4 is 30.5 Å². The maximum Gasteiger partial charge on any atom is 0.179 e. The molecule has 0 N–H and O–H groups in total. The molecule has 2 aromatic heterocycles. The first-order chi connectivity index (χ1) is 48.1. The molecule has 0 radical (unpaired) electrons. The molecule has 2 heterocycles. The minimum absolute atomic E-state index is 1.07. The Labute approximate surface area is 565 Å². The van der Waals surface area contributed by atoms with Crippen LogP contribution in [-0.4, -0.2) is 17.2 Å². The molecule has 18 rings (SSSR count). The summed E-state index contributed by atoms with van der Waals surface area (Å²) in [5.41, 5.74) is 18.1. The van der Waals surface area contributed by atoms with Crippen molar-refractivity contribution in [2.24, 2.45) is 0 Å². The Bertz CT molecular complexity index is 5610. The van der Waals surface area contributed by atoms with Crippen LogP contribution in [0.2, 0.25) is 0 Å². The lowest BCUT2D eigenvalue weighted by Gasteiger charge is -2.35. The van der Waals surface area contributed by atoms with Crippen molar-refractivity contribution in [2.45, 2.75) is 0 Å². The Balaban J connectivity index is 0.773. The van der Waals surface area contributed by atoms with E-state index in [0.717, 1.165) is 67.8 Å². The van der Waals surface area contributed by atoms with E-state index in [-0.39, 0.29) is 0 Å². The highest BCUT2D eigenvalue weighted by molar-refractivity contribution is 7.20. The maximum atomic E-state index is 2.50. The van der Waals surface area contributed by atoms with Gasteiger partial charge in [-0.05, 0) is 186 Å². The average Bonchev–Trinajstić information content (AvgIpc) is 1.33. The van der Waals surface area contributed by atoms with Crippen molar-refractivity contribution in [3.05, 3.63) is 388 Å². The van der Waals surface area contributed by atoms with Crippen molar-refractivity contribution >= 4 is 128 Å². The van der Waals surface area contributed by atoms with Gasteiger partial charge in [0.15, 0.2) is 8.07 Å². The lowest BCUT2D eigenvalue weighted by atomic mass is 10.0. The molecular formula is C92H64N4Si. The van der Waals surface area contributed by atoms with E-state index in [0.29, 0.717) is 0 Å². The van der Waals surface area contributed by atoms with Crippen LogP contribution in [0.15, 0.2) is 388 Å². The summed E-state index contributed by atoms with van der Waals surface area (Å²) >= 11 is 0. The van der Waals surface area contributed by atoms with Gasteiger partial charge in [-0.1, -0.05) is 267 Å². The van der Waals surface area contributed by atoms with E-state index in [1.165, 1.54) is 85.9 Å². The van der Waals surface area contributed by atoms with E-state index in [1.807, 2.05) is 0 Å². The van der Waals surface area contributed by atoms with Crippen LogP contribution in [0.5, 0.6) is 0 Å². The molecule has 16 aromatic carbocycles. The normalized spacial score (nSPS) is 11.7. The number of para-hydroxylation sites is 4. The molecule has 0 atom stereocenters. The van der Waals surface area contributed by atoms with Gasteiger partial charge in [-0.2, -0.15) is 0 Å². The van der Waals surface area contributed by atoms with Gasteiger partial charge in [0.05, 0.1) is 22.1 Å². The second-order valence-electron chi connectivity index (χ2n) is 25.3. The summed E-state index contributed by atoms with van der Waals surface area (Å²) in [6.45, 7) is 0. The molecule has 0 amide bonds. The summed E-state index contributed by atoms with van der Waals surface area (Å²) < 4.78 is 4.78. The fourth-order valence-corrected chi connectivity index (χ4v) is 20.1. The van der Waals surface area contributed by atoms with Crippen LogP contribution in [0.3, 0.4) is 0 Å². The Morgan fingerprint density at radius 3 is 0.928 bits per heavy atom. The van der Waals surface area contributed by atoms with E-state index in [9.17, 15) is 0 Å². The average molecular weight is 1250 g/mol. The van der Waals surface area contributed by atoms with Crippen molar-refractivity contribution in [3.8, 4) is 33.6 Å². The quantitative estimate of drug-likeness (QED) is 0.0797. The molecule has 0 aliphatic rings. The van der Waals surface area contributed by atoms with Crippen LogP contribution in [-0.2, 0) is 0 Å². The Hall–Kier alpha value is -12.5. The zero-order valence-corrected chi connectivity index (χ0v) is 54.2. The van der Waals surface area contributed by atoms with E-state index >= 15 is 0 Å². The van der Waals surface area contributed by atoms with Crippen LogP contribution in [0.4, 0.5) is 34.1 Å². The number of hydrogen-bond donors (Lipinski definition) is 0. The number of rotatable bonds is 14. The smallest absolute Gasteiger partial charge is 0.179 e. The third kappa shape index (κ3) is 9.99. The third-order valence-electron chi connectivity index (χ3n) is 19.7. The topological polar surface area (TPSA) is 16.3 Å². The summed E-state index contributed by atoms with van der Waals surface area (Å²) in [4.78, 5) is 4.87. The van der Waals surface area contributed by atoms with E-state index in [1.54, 1.807) is 0 Å². The highest BCUT2D eigenvalue weighted by Crippen LogP contribution is 2.44. The van der Waals surface area contributed by atoms with Gasteiger partial charge in [-0.3, -0.25) is 0 Å². The van der Waals surface area contributed by atoms with Gasteiger partial charge in [0.1, 0.15) is 0 Å². The molecule has 456 valence electrons. The summed E-state index contributed by atoms with van der Waals surface area (Å²) in [7, 11) is -3.13. The second-order valence-corrected chi connectivity index (χ2v) is 29.1. The van der Waals surface area contributed by atoms with Crippen molar-refractivity contribution in [3.63, 3.8) is 0 Å². The predicted molar refractivity (Wildman–Crippen MR) is 414 cm³/mol. The number of anilines is 6. The molecule has 4 nitrogen and oxygen atoms in total. The van der Waals surface area contributed by atoms with Crippen molar-refractivity contribution in [1.82, 2.24) is 9.13 Å². The van der Waals surface area contributed by atoms with Crippen molar-refractivity contribution in [1.29, 1.82) is 0 Å². The Morgan fingerprint density at radius 1 is 0.186 bits per heavy atom. The zero-order valence-electron chi connectivity index (χ0n) is 53.2. The lowest BCUT2D eigenvalue weighted by Crippen LogP contribution is -2.74. The van der Waals surface area contributed by atoms with Crippen molar-refractivity contribution in [2.75, 3.05) is 9.80 Å². The van der Waals surface area contributed by atoms with Gasteiger partial charge in [-0.25, -0.2) is 0 Å². The molecular weight excluding hydrogens is 1190 g/mol. The predicted octanol–water partition coefficient (Wildman–Crippen LogP) is 21.8. The van der Waals surface area contributed by atoms with Crippen LogP contribution in [0, 0.1) is 0 Å². The largest absolute Gasteiger partial charge is 0.310 e. The zero-order chi connectivity index (χ0) is 64.2. The van der Waals surface area contributed by atoms with Gasteiger partial charge >= 0.3 is 0 Å². The van der Waals surface area contributed by atoms with Crippen LogP contribution >= 0.6 is 0 Å². The highest BCUT2D eigenvalue weighted by atomic mass is 28.3. The molecule has 0 aliphatic heterocycles. The molecule has 97 heavy (non-hydrogen) atoms. The fraction of sp³-hybridized carbons (Fsp3) is 0. The first-order valence-electron chi connectivity index (χ1n) is 33.4. The minimum atomic E-state index is -3.13. The van der Waals surface area contributed by atoms with Crippen molar-refractivity contribution < 1.29 is 0 Å². The molecule has 0 saturated carbocycles. The molecule has 0 bridgehead atoms. The van der Waals surface area contributed by atoms with Gasteiger partial charge in [-0.15, -0.1) is 0 Å². The summed E-state index contributed by atoms with van der Waals surface area (Å²) in [5, 5.41) is 14.9. The van der Waals surface area contributed by atoms with E-state index in [2.05, 4.69) is 407 Å². The van der Waals surface area contributed by atoms with Crippen LogP contribution in [0.1, 0.15) is 0 Å². The van der Waals surface area contributed by atoms with Crippen LogP contribution in [0.25, 0.3) is 98.8 Å². The number of hydrogen-bond acceptors (Lipinski definition) is 2. The van der Waals surface area contributed by atoms with Gasteiger partial charge in [0, 0.05) is 67.0 Å². The number of benzene rings is 16. The molecule has 0 unspecified atom stereocenters. The molecule has 5 heteroatoms. The standard InChI is InChI=1S/C92H64N4Si/c1-5-33-73(34-6-1)95-89-47-19-17-45-85(89)87-63-79(53-55-91(87)95)93(77-51-49-65-25-13-15-27-67(65)57-77)75-37-21-29-69(59-75)71-31-23-43-83(61-71)97(81-39-9-3-10-40-81,82-41-11-4-12-42-82)84-44-24-32-72(62-84)70-30-22-38-76(60-70)94(78-52-50-66-26-14-16-28-68(66)58-78)80-54-56-92-88(64-80)86-46-18-20-48-90(86)96(92)74-35-7-2-8-36-74/h1-64H. The first kappa shape index (κ1) is 57.1. The minimum Gasteiger partial charge on any atom is -0.310 e. The summed E-state index contributed by atoms with van der Waals surface area (Å²) in [6.07, 6.45) is 0. The van der Waals surface area contributed by atoms with Gasteiger partial charge in [0.25, 0.3) is 0 Å². The molecule has 0 spiro atoms. The van der Waals surface area contributed by atoms with E-state index < -0.39 is 8.07 Å². The number of aromatic nitrogens is 2. The SMILES string of the molecule is c1ccc(-n2c3ccccc3c3cc(N(c4cccc(-c5cccc([Si](c6ccccc6)(c6ccccc6)c6cccc(-c7cccc(N(c8ccc9ccccc9c8)c8ccc9c(c8)c8ccccc8n9-c8ccccc8)c7)c6)c5)c4)c4ccc5ccccc5c4)ccc32)cc1. The van der Waals surface area contributed by atoms with E-state index in [4.69, 9.17) is 0 Å². The van der Waals surface area contributed by atoms with Gasteiger partial charge < -0.3 is 18.9 Å². The number of nitrogens with zero attached hydrogens (tertiary/aromatic N) is 4. The monoisotopic (exact) mass is 1250 g/mol. The fourth-order valence-electron chi connectivity index (χ4n) is 15.3. The highest BCUT2D eigenvalue weighted by Gasteiger charge is 2.42. The molecule has 0 saturated heterocycles. The first-order valence-corrected chi connectivity index (χ1v) is 35.4. The maximum absolute atomic E-state index is 3.13. The summed E-state index contributed by atoms with van der Waals surface area (Å²) in [6, 6.07) is 144. The molecule has 18 aromatic rings. The second kappa shape index (κ2) is 24.1. The lowest BCUT2D eigenvalue weighted by molar-refractivity contribution is 1.18. The summed E-state index contributed by atoms with van der Waals surface area (Å²) in [5.74, 6) is 0. The molecule has 0 aliphatic carbocycles. The Kier molecular flexibility index (Phi) is 14.2. The molecule has 0 fully saturated rings. The number of fused-ring (bicyclic) bond motifs is 8. The third-order valence-corrected chi connectivity index (χ3v) is 24.5. The van der Waals surface area contributed by atoms with Gasteiger partial charge in [0.2, 0.25) is 0 Å².